The van der Waals surface area contributed by atoms with Gasteiger partial charge in [-0.25, -0.2) is 8.42 Å². The second kappa shape index (κ2) is 8.73. The van der Waals surface area contributed by atoms with Gasteiger partial charge in [0, 0.05) is 18.8 Å². The third-order valence-corrected chi connectivity index (χ3v) is 7.91. The monoisotopic (exact) mass is 389 g/mol. The summed E-state index contributed by atoms with van der Waals surface area (Å²) >= 11 is 1.60. The molecule has 6 heteroatoms. The molecule has 0 bridgehead atoms. The van der Waals surface area contributed by atoms with Crippen LogP contribution in [0.2, 0.25) is 0 Å². The molecule has 1 fully saturated rings. The highest BCUT2D eigenvalue weighted by Gasteiger charge is 2.32. The summed E-state index contributed by atoms with van der Waals surface area (Å²) < 4.78 is 25.4. The Morgan fingerprint density at radius 3 is 2.15 bits per heavy atom. The highest BCUT2D eigenvalue weighted by atomic mass is 32.2. The van der Waals surface area contributed by atoms with Crippen molar-refractivity contribution in [3.05, 3.63) is 66.2 Å². The number of rotatable bonds is 6. The van der Waals surface area contributed by atoms with E-state index < -0.39 is 15.1 Å². The van der Waals surface area contributed by atoms with Crippen LogP contribution >= 0.6 is 11.8 Å². The lowest BCUT2D eigenvalue weighted by atomic mass is 10.1. The Balaban J connectivity index is 1.48. The molecule has 1 saturated heterocycles. The molecule has 0 atom stereocenters. The molecule has 0 saturated carbocycles. The van der Waals surface area contributed by atoms with Gasteiger partial charge in [0.15, 0.2) is 9.84 Å². The predicted octanol–water partition coefficient (Wildman–Crippen LogP) is 3.38. The summed E-state index contributed by atoms with van der Waals surface area (Å²) in [5, 5.41) is -0.397. The van der Waals surface area contributed by atoms with E-state index >= 15 is 0 Å². The van der Waals surface area contributed by atoms with Crippen molar-refractivity contribution < 1.29 is 13.2 Å². The molecule has 1 heterocycles. The van der Waals surface area contributed by atoms with Gasteiger partial charge >= 0.3 is 0 Å². The molecule has 2 aromatic rings. The summed E-state index contributed by atoms with van der Waals surface area (Å²) in [5.41, 5.74) is 1.21. The SMILES string of the molecule is O=C(CSCc1ccccc1)N1CCC(S(=O)(=O)c2ccccc2)CC1. The second-order valence-corrected chi connectivity index (χ2v) is 9.63. The Hall–Kier alpha value is -1.79. The van der Waals surface area contributed by atoms with Crippen molar-refractivity contribution in [2.75, 3.05) is 18.8 Å². The average Bonchev–Trinajstić information content (AvgIpc) is 2.69. The first kappa shape index (κ1) is 19.0. The summed E-state index contributed by atoms with van der Waals surface area (Å²) in [6, 6.07) is 18.7. The van der Waals surface area contributed by atoms with E-state index in [1.54, 1.807) is 40.9 Å². The molecule has 0 radical (unpaired) electrons. The van der Waals surface area contributed by atoms with Crippen molar-refractivity contribution in [1.29, 1.82) is 0 Å². The number of benzene rings is 2. The smallest absolute Gasteiger partial charge is 0.232 e. The van der Waals surface area contributed by atoms with Crippen LogP contribution in [0.15, 0.2) is 65.6 Å². The maximum Gasteiger partial charge on any atom is 0.232 e. The number of thioether (sulfide) groups is 1. The molecule has 0 aromatic heterocycles. The summed E-state index contributed by atoms with van der Waals surface area (Å²) in [4.78, 5) is 14.5. The van der Waals surface area contributed by atoms with Crippen molar-refractivity contribution >= 4 is 27.5 Å². The normalized spacial score (nSPS) is 15.8. The first-order valence-electron chi connectivity index (χ1n) is 8.76. The summed E-state index contributed by atoms with van der Waals surface area (Å²) in [6.45, 7) is 1.03. The summed E-state index contributed by atoms with van der Waals surface area (Å²) in [6.07, 6.45) is 1.01. The first-order valence-corrected chi connectivity index (χ1v) is 11.5. The number of hydrogen-bond acceptors (Lipinski definition) is 4. The van der Waals surface area contributed by atoms with E-state index in [0.29, 0.717) is 36.6 Å². The third kappa shape index (κ3) is 4.68. The minimum Gasteiger partial charge on any atom is -0.342 e. The Labute approximate surface area is 159 Å². The highest BCUT2D eigenvalue weighted by Crippen LogP contribution is 2.25. The minimum absolute atomic E-state index is 0.0986. The summed E-state index contributed by atoms with van der Waals surface area (Å²) in [7, 11) is -3.31. The van der Waals surface area contributed by atoms with Crippen LogP contribution in [-0.2, 0) is 20.4 Å². The van der Waals surface area contributed by atoms with Crippen LogP contribution in [0.1, 0.15) is 18.4 Å². The number of sulfone groups is 1. The third-order valence-electron chi connectivity index (χ3n) is 4.64. The van der Waals surface area contributed by atoms with Crippen LogP contribution in [-0.4, -0.2) is 43.3 Å². The molecule has 0 spiro atoms. The lowest BCUT2D eigenvalue weighted by Crippen LogP contribution is -2.43. The van der Waals surface area contributed by atoms with Crippen LogP contribution < -0.4 is 0 Å². The van der Waals surface area contributed by atoms with Gasteiger partial charge in [0.05, 0.1) is 15.9 Å². The summed E-state index contributed by atoms with van der Waals surface area (Å²) in [5.74, 6) is 1.35. The zero-order valence-electron chi connectivity index (χ0n) is 14.6. The van der Waals surface area contributed by atoms with Gasteiger partial charge in [0.25, 0.3) is 0 Å². The average molecular weight is 390 g/mol. The molecule has 4 nitrogen and oxygen atoms in total. The number of nitrogens with zero attached hydrogens (tertiary/aromatic N) is 1. The lowest BCUT2D eigenvalue weighted by molar-refractivity contribution is -0.129. The topological polar surface area (TPSA) is 54.5 Å². The molecule has 1 amide bonds. The van der Waals surface area contributed by atoms with Gasteiger partial charge in [0.2, 0.25) is 5.91 Å². The molecule has 1 aliphatic heterocycles. The van der Waals surface area contributed by atoms with E-state index in [-0.39, 0.29) is 5.91 Å². The largest absolute Gasteiger partial charge is 0.342 e. The number of hydrogen-bond donors (Lipinski definition) is 0. The Morgan fingerprint density at radius 2 is 1.54 bits per heavy atom. The number of likely N-dealkylation sites (tertiary alicyclic amines) is 1. The molecule has 2 aromatic carbocycles. The zero-order valence-corrected chi connectivity index (χ0v) is 16.2. The van der Waals surface area contributed by atoms with Crippen LogP contribution in [0.5, 0.6) is 0 Å². The zero-order chi connectivity index (χ0) is 18.4. The molecular weight excluding hydrogens is 366 g/mol. The Kier molecular flexibility index (Phi) is 6.38. The van der Waals surface area contributed by atoms with Crippen molar-refractivity contribution in [2.45, 2.75) is 28.7 Å². The van der Waals surface area contributed by atoms with E-state index in [1.807, 2.05) is 24.3 Å². The van der Waals surface area contributed by atoms with Crippen LogP contribution in [0.3, 0.4) is 0 Å². The van der Waals surface area contributed by atoms with Gasteiger partial charge in [-0.05, 0) is 30.5 Å². The van der Waals surface area contributed by atoms with Gasteiger partial charge in [-0.1, -0.05) is 48.5 Å². The fourth-order valence-electron chi connectivity index (χ4n) is 3.14. The molecule has 26 heavy (non-hydrogen) atoms. The van der Waals surface area contributed by atoms with Gasteiger partial charge in [0.1, 0.15) is 0 Å². The predicted molar refractivity (Wildman–Crippen MR) is 106 cm³/mol. The van der Waals surface area contributed by atoms with E-state index in [1.165, 1.54) is 5.56 Å². The molecule has 1 aliphatic rings. The van der Waals surface area contributed by atoms with Crippen molar-refractivity contribution in [2.24, 2.45) is 0 Å². The molecular formula is C20H23NO3S2. The molecule has 0 N–H and O–H groups in total. The van der Waals surface area contributed by atoms with Gasteiger partial charge in [-0.15, -0.1) is 11.8 Å². The molecule has 3 rings (SSSR count). The van der Waals surface area contributed by atoms with Crippen molar-refractivity contribution in [3.8, 4) is 0 Å². The molecule has 138 valence electrons. The van der Waals surface area contributed by atoms with E-state index in [4.69, 9.17) is 0 Å². The maximum absolute atomic E-state index is 12.7. The number of carbonyl (C=O) groups is 1. The highest BCUT2D eigenvalue weighted by molar-refractivity contribution is 7.99. The maximum atomic E-state index is 12.7. The number of piperidine rings is 1. The van der Waals surface area contributed by atoms with Crippen LogP contribution in [0.4, 0.5) is 0 Å². The standard InChI is InChI=1S/C20H23NO3S2/c22-20(16-25-15-17-7-3-1-4-8-17)21-13-11-19(12-14-21)26(23,24)18-9-5-2-6-10-18/h1-10,19H,11-16H2. The lowest BCUT2D eigenvalue weighted by Gasteiger charge is -2.31. The fraction of sp³-hybridized carbons (Fsp3) is 0.350. The van der Waals surface area contributed by atoms with Crippen molar-refractivity contribution in [3.63, 3.8) is 0 Å². The van der Waals surface area contributed by atoms with Crippen molar-refractivity contribution in [1.82, 2.24) is 4.90 Å². The number of carbonyl (C=O) groups excluding carboxylic acids is 1. The van der Waals surface area contributed by atoms with Gasteiger partial charge < -0.3 is 4.90 Å². The quantitative estimate of drug-likeness (QED) is 0.760. The Bertz CT molecular complexity index is 815. The molecule has 0 aliphatic carbocycles. The first-order chi connectivity index (χ1) is 12.6. The fourth-order valence-corrected chi connectivity index (χ4v) is 5.78. The minimum atomic E-state index is -3.31. The van der Waals surface area contributed by atoms with Gasteiger partial charge in [-0.2, -0.15) is 0 Å². The van der Waals surface area contributed by atoms with Crippen LogP contribution in [0, 0.1) is 0 Å². The van der Waals surface area contributed by atoms with E-state index in [2.05, 4.69) is 12.1 Å². The van der Waals surface area contributed by atoms with Crippen LogP contribution in [0.25, 0.3) is 0 Å². The second-order valence-electron chi connectivity index (χ2n) is 6.42. The van der Waals surface area contributed by atoms with E-state index in [0.717, 1.165) is 5.75 Å². The van der Waals surface area contributed by atoms with E-state index in [9.17, 15) is 13.2 Å². The van der Waals surface area contributed by atoms with Gasteiger partial charge in [-0.3, -0.25) is 4.79 Å². The molecule has 0 unspecified atom stereocenters. The Morgan fingerprint density at radius 1 is 0.962 bits per heavy atom. The number of amides is 1.